The van der Waals surface area contributed by atoms with E-state index in [2.05, 4.69) is 18.7 Å². The summed E-state index contributed by atoms with van der Waals surface area (Å²) in [6.45, 7) is 5.73. The molecule has 0 bridgehead atoms. The van der Waals surface area contributed by atoms with Crippen LogP contribution in [0.4, 0.5) is 5.69 Å². The maximum absolute atomic E-state index is 5.83. The fourth-order valence-corrected chi connectivity index (χ4v) is 2.50. The Hall–Kier alpha value is -1.33. The van der Waals surface area contributed by atoms with Crippen LogP contribution >= 0.6 is 12.2 Å². The maximum atomic E-state index is 5.83. The molecule has 1 heterocycles. The van der Waals surface area contributed by atoms with Gasteiger partial charge in [-0.3, -0.25) is 0 Å². The highest BCUT2D eigenvalue weighted by Gasteiger charge is 2.26. The van der Waals surface area contributed by atoms with Gasteiger partial charge in [-0.05, 0) is 26.0 Å². The molecule has 2 atom stereocenters. The molecule has 104 valence electrons. The van der Waals surface area contributed by atoms with Crippen molar-refractivity contribution in [3.8, 4) is 5.75 Å². The van der Waals surface area contributed by atoms with Crippen molar-refractivity contribution in [3.63, 3.8) is 0 Å². The van der Waals surface area contributed by atoms with Crippen LogP contribution in [-0.2, 0) is 4.74 Å². The summed E-state index contributed by atoms with van der Waals surface area (Å²) in [5.74, 6) is 0.807. The van der Waals surface area contributed by atoms with Gasteiger partial charge < -0.3 is 20.1 Å². The van der Waals surface area contributed by atoms with E-state index in [1.54, 1.807) is 7.11 Å². The number of nitrogens with two attached hydrogens (primary N) is 1. The molecule has 0 aromatic heterocycles. The molecular formula is C14H20N2O2S. The Morgan fingerprint density at radius 1 is 1.47 bits per heavy atom. The van der Waals surface area contributed by atoms with Gasteiger partial charge in [-0.15, -0.1) is 0 Å². The third-order valence-corrected chi connectivity index (χ3v) is 3.61. The van der Waals surface area contributed by atoms with Crippen LogP contribution in [0.2, 0.25) is 0 Å². The summed E-state index contributed by atoms with van der Waals surface area (Å²) in [6, 6.07) is 6.08. The standard InChI is InChI=1S/C14H20N2O2S/c1-9-8-18-10(2)7-16(9)13-6-11(17-3)4-5-12(13)14(15)19/h4-6,9-10H,7-8H2,1-3H3,(H2,15,19). The van der Waals surface area contributed by atoms with Gasteiger partial charge in [0.15, 0.2) is 0 Å². The van der Waals surface area contributed by atoms with Crippen molar-refractivity contribution < 1.29 is 9.47 Å². The van der Waals surface area contributed by atoms with Crippen LogP contribution in [0.15, 0.2) is 18.2 Å². The lowest BCUT2D eigenvalue weighted by atomic mass is 10.1. The van der Waals surface area contributed by atoms with E-state index < -0.39 is 0 Å². The number of hydrogen-bond donors (Lipinski definition) is 1. The quantitative estimate of drug-likeness (QED) is 0.858. The zero-order chi connectivity index (χ0) is 14.0. The van der Waals surface area contributed by atoms with E-state index in [-0.39, 0.29) is 12.1 Å². The normalized spacial score (nSPS) is 23.2. The molecule has 2 N–H and O–H groups in total. The second-order valence-electron chi connectivity index (χ2n) is 4.89. The fourth-order valence-electron chi connectivity index (χ4n) is 2.32. The van der Waals surface area contributed by atoms with Gasteiger partial charge in [0.05, 0.1) is 25.5 Å². The van der Waals surface area contributed by atoms with Crippen molar-refractivity contribution >= 4 is 22.9 Å². The lowest BCUT2D eigenvalue weighted by molar-refractivity contribution is 0.0343. The minimum atomic E-state index is 0.196. The maximum Gasteiger partial charge on any atom is 0.120 e. The Balaban J connectivity index is 2.42. The molecule has 1 aromatic rings. The van der Waals surface area contributed by atoms with Crippen molar-refractivity contribution in [2.75, 3.05) is 25.2 Å². The Kier molecular flexibility index (Phi) is 4.27. The van der Waals surface area contributed by atoms with E-state index in [0.717, 1.165) is 23.5 Å². The van der Waals surface area contributed by atoms with Gasteiger partial charge in [-0.1, -0.05) is 12.2 Å². The van der Waals surface area contributed by atoms with Gasteiger partial charge >= 0.3 is 0 Å². The molecule has 0 spiro atoms. The highest BCUT2D eigenvalue weighted by molar-refractivity contribution is 7.80. The van der Waals surface area contributed by atoms with Gasteiger partial charge in [0, 0.05) is 24.2 Å². The summed E-state index contributed by atoms with van der Waals surface area (Å²) in [7, 11) is 1.66. The molecule has 2 unspecified atom stereocenters. The fraction of sp³-hybridized carbons (Fsp3) is 0.500. The summed E-state index contributed by atoms with van der Waals surface area (Å²) in [4.78, 5) is 2.69. The first-order valence-corrected chi connectivity index (χ1v) is 6.80. The van der Waals surface area contributed by atoms with E-state index in [9.17, 15) is 0 Å². The largest absolute Gasteiger partial charge is 0.497 e. The predicted octanol–water partition coefficient (Wildman–Crippen LogP) is 1.94. The SMILES string of the molecule is COc1ccc(C(N)=S)c(N2CC(C)OCC2C)c1. The third-order valence-electron chi connectivity index (χ3n) is 3.39. The summed E-state index contributed by atoms with van der Waals surface area (Å²) in [6.07, 6.45) is 0.196. The first kappa shape index (κ1) is 14.1. The number of hydrogen-bond acceptors (Lipinski definition) is 4. The molecule has 1 fully saturated rings. The summed E-state index contributed by atoms with van der Waals surface area (Å²) < 4.78 is 11.0. The van der Waals surface area contributed by atoms with E-state index in [0.29, 0.717) is 11.6 Å². The average molecular weight is 280 g/mol. The number of nitrogens with zero attached hydrogens (tertiary/aromatic N) is 1. The topological polar surface area (TPSA) is 47.7 Å². The molecule has 0 aliphatic carbocycles. The number of methoxy groups -OCH3 is 1. The predicted molar refractivity (Wildman–Crippen MR) is 81.1 cm³/mol. The lowest BCUT2D eigenvalue weighted by Gasteiger charge is -2.39. The minimum Gasteiger partial charge on any atom is -0.497 e. The monoisotopic (exact) mass is 280 g/mol. The Morgan fingerprint density at radius 3 is 2.84 bits per heavy atom. The van der Waals surface area contributed by atoms with E-state index >= 15 is 0 Å². The first-order chi connectivity index (χ1) is 9.02. The average Bonchev–Trinajstić information content (AvgIpc) is 2.40. The van der Waals surface area contributed by atoms with Crippen LogP contribution in [0.3, 0.4) is 0 Å². The Morgan fingerprint density at radius 2 is 2.21 bits per heavy atom. The van der Waals surface area contributed by atoms with Gasteiger partial charge in [-0.2, -0.15) is 0 Å². The third kappa shape index (κ3) is 2.98. The van der Waals surface area contributed by atoms with Crippen LogP contribution in [0.1, 0.15) is 19.4 Å². The van der Waals surface area contributed by atoms with Crippen LogP contribution in [0.25, 0.3) is 0 Å². The molecular weight excluding hydrogens is 260 g/mol. The summed E-state index contributed by atoms with van der Waals surface area (Å²) >= 11 is 5.15. The molecule has 1 aromatic carbocycles. The van der Waals surface area contributed by atoms with Crippen LogP contribution < -0.4 is 15.4 Å². The lowest BCUT2D eigenvalue weighted by Crippen LogP contribution is -2.48. The van der Waals surface area contributed by atoms with E-state index in [1.807, 2.05) is 18.2 Å². The molecule has 19 heavy (non-hydrogen) atoms. The van der Waals surface area contributed by atoms with Gasteiger partial charge in [-0.25, -0.2) is 0 Å². The Bertz CT molecular complexity index is 479. The van der Waals surface area contributed by atoms with Crippen LogP contribution in [0, 0.1) is 0 Å². The van der Waals surface area contributed by atoms with Crippen LogP contribution in [0.5, 0.6) is 5.75 Å². The van der Waals surface area contributed by atoms with Crippen LogP contribution in [-0.4, -0.2) is 37.4 Å². The number of morpholine rings is 1. The number of anilines is 1. The number of benzene rings is 1. The second-order valence-corrected chi connectivity index (χ2v) is 5.33. The van der Waals surface area contributed by atoms with Gasteiger partial charge in [0.25, 0.3) is 0 Å². The number of thiocarbonyl (C=S) groups is 1. The minimum absolute atomic E-state index is 0.196. The van der Waals surface area contributed by atoms with E-state index in [4.69, 9.17) is 27.4 Å². The smallest absolute Gasteiger partial charge is 0.120 e. The van der Waals surface area contributed by atoms with Crippen molar-refractivity contribution in [3.05, 3.63) is 23.8 Å². The molecule has 1 saturated heterocycles. The van der Waals surface area contributed by atoms with Crippen molar-refractivity contribution in [2.45, 2.75) is 26.0 Å². The second kappa shape index (κ2) is 5.75. The van der Waals surface area contributed by atoms with E-state index in [1.165, 1.54) is 0 Å². The number of rotatable bonds is 3. The van der Waals surface area contributed by atoms with Gasteiger partial charge in [0.1, 0.15) is 10.7 Å². The summed E-state index contributed by atoms with van der Waals surface area (Å²) in [5.41, 5.74) is 7.73. The summed E-state index contributed by atoms with van der Waals surface area (Å²) in [5, 5.41) is 0. The molecule has 0 amide bonds. The number of ether oxygens (including phenoxy) is 2. The van der Waals surface area contributed by atoms with Crippen molar-refractivity contribution in [1.82, 2.24) is 0 Å². The molecule has 5 heteroatoms. The molecule has 1 aliphatic heterocycles. The zero-order valence-electron chi connectivity index (χ0n) is 11.6. The molecule has 0 radical (unpaired) electrons. The first-order valence-electron chi connectivity index (χ1n) is 6.39. The van der Waals surface area contributed by atoms with Crippen molar-refractivity contribution in [1.29, 1.82) is 0 Å². The van der Waals surface area contributed by atoms with Gasteiger partial charge in [0.2, 0.25) is 0 Å². The zero-order valence-corrected chi connectivity index (χ0v) is 12.4. The highest BCUT2D eigenvalue weighted by Crippen LogP contribution is 2.29. The molecule has 0 saturated carbocycles. The Labute approximate surface area is 119 Å². The molecule has 1 aliphatic rings. The molecule has 4 nitrogen and oxygen atoms in total. The highest BCUT2D eigenvalue weighted by atomic mass is 32.1. The van der Waals surface area contributed by atoms with Crippen molar-refractivity contribution in [2.24, 2.45) is 5.73 Å². The molecule has 2 rings (SSSR count).